The van der Waals surface area contributed by atoms with Crippen LogP contribution in [0.25, 0.3) is 0 Å². The molecule has 1 atom stereocenters. The number of esters is 1. The molecule has 1 aromatic carbocycles. The molecule has 0 aliphatic heterocycles. The summed E-state index contributed by atoms with van der Waals surface area (Å²) in [6, 6.07) is 8.16. The number of carbonyl (C=O) groups excluding carboxylic acids is 3. The minimum atomic E-state index is -1.00. The average Bonchev–Trinajstić information content (AvgIpc) is 2.57. The Labute approximate surface area is 165 Å². The second-order valence-electron chi connectivity index (χ2n) is 8.00. The molecule has 8 nitrogen and oxygen atoms in total. The standard InChI is InChI=1S/C20H30N2O6/c1-19(2,3)28-18(25)22-20(4,5)12-15(16(23)26-6)21-17(24)27-13-14-10-8-7-9-11-14/h7-11,15H,12-13H2,1-6H3,(H,21,24)(H,22,25)/t15-/m0/s1. The molecule has 156 valence electrons. The molecule has 8 heteroatoms. The highest BCUT2D eigenvalue weighted by molar-refractivity contribution is 5.81. The number of benzene rings is 1. The van der Waals surface area contributed by atoms with E-state index in [2.05, 4.69) is 10.6 Å². The molecule has 28 heavy (non-hydrogen) atoms. The van der Waals surface area contributed by atoms with E-state index in [4.69, 9.17) is 14.2 Å². The summed E-state index contributed by atoms with van der Waals surface area (Å²) in [5.41, 5.74) is -0.686. The van der Waals surface area contributed by atoms with Crippen LogP contribution in [0.15, 0.2) is 30.3 Å². The van der Waals surface area contributed by atoms with E-state index in [1.54, 1.807) is 34.6 Å². The lowest BCUT2D eigenvalue weighted by Gasteiger charge is -2.31. The van der Waals surface area contributed by atoms with Crippen molar-refractivity contribution in [3.63, 3.8) is 0 Å². The van der Waals surface area contributed by atoms with Crippen LogP contribution in [0.1, 0.15) is 46.6 Å². The average molecular weight is 394 g/mol. The fourth-order valence-electron chi connectivity index (χ4n) is 2.38. The van der Waals surface area contributed by atoms with Crippen LogP contribution in [0, 0.1) is 0 Å². The number of amides is 2. The molecule has 0 radical (unpaired) electrons. The van der Waals surface area contributed by atoms with Crippen molar-refractivity contribution in [2.24, 2.45) is 0 Å². The first-order valence-electron chi connectivity index (χ1n) is 8.98. The zero-order valence-corrected chi connectivity index (χ0v) is 17.3. The van der Waals surface area contributed by atoms with E-state index >= 15 is 0 Å². The first-order chi connectivity index (χ1) is 12.9. The summed E-state index contributed by atoms with van der Waals surface area (Å²) in [6.07, 6.45) is -1.29. The zero-order chi connectivity index (χ0) is 21.4. The first kappa shape index (κ1) is 23.3. The van der Waals surface area contributed by atoms with Crippen molar-refractivity contribution >= 4 is 18.2 Å². The predicted octanol–water partition coefficient (Wildman–Crippen LogP) is 3.15. The van der Waals surface area contributed by atoms with E-state index < -0.39 is 35.3 Å². The number of methoxy groups -OCH3 is 1. The number of rotatable bonds is 7. The molecule has 0 spiro atoms. The maximum atomic E-state index is 12.1. The van der Waals surface area contributed by atoms with E-state index in [0.29, 0.717) is 0 Å². The summed E-state index contributed by atoms with van der Waals surface area (Å²) < 4.78 is 15.1. The molecule has 0 saturated carbocycles. The van der Waals surface area contributed by atoms with Crippen LogP contribution in [0.5, 0.6) is 0 Å². The van der Waals surface area contributed by atoms with Crippen LogP contribution in [-0.4, -0.2) is 42.4 Å². The SMILES string of the molecule is COC(=O)[C@H](CC(C)(C)NC(=O)OC(C)(C)C)NC(=O)OCc1ccccc1. The highest BCUT2D eigenvalue weighted by Gasteiger charge is 2.32. The van der Waals surface area contributed by atoms with Crippen molar-refractivity contribution < 1.29 is 28.6 Å². The predicted molar refractivity (Wildman–Crippen MR) is 104 cm³/mol. The molecule has 0 unspecified atom stereocenters. The number of hydrogen-bond acceptors (Lipinski definition) is 6. The summed E-state index contributed by atoms with van der Waals surface area (Å²) >= 11 is 0. The number of nitrogens with one attached hydrogen (secondary N) is 2. The Hall–Kier alpha value is -2.77. The van der Waals surface area contributed by atoms with Crippen LogP contribution in [-0.2, 0) is 25.6 Å². The minimum Gasteiger partial charge on any atom is -0.467 e. The van der Waals surface area contributed by atoms with E-state index in [9.17, 15) is 14.4 Å². The van der Waals surface area contributed by atoms with Gasteiger partial charge in [-0.2, -0.15) is 0 Å². The summed E-state index contributed by atoms with van der Waals surface area (Å²) in [5.74, 6) is -0.643. The molecule has 1 aromatic rings. The molecule has 0 aromatic heterocycles. The second kappa shape index (κ2) is 9.96. The van der Waals surface area contributed by atoms with Gasteiger partial charge in [0.05, 0.1) is 7.11 Å². The molecule has 1 rings (SSSR count). The molecule has 0 saturated heterocycles. The molecule has 0 heterocycles. The van der Waals surface area contributed by atoms with Gasteiger partial charge in [-0.3, -0.25) is 0 Å². The van der Waals surface area contributed by atoms with Gasteiger partial charge in [-0.25, -0.2) is 14.4 Å². The van der Waals surface area contributed by atoms with Crippen molar-refractivity contribution in [1.29, 1.82) is 0 Å². The first-order valence-corrected chi connectivity index (χ1v) is 8.98. The molecular weight excluding hydrogens is 364 g/mol. The van der Waals surface area contributed by atoms with E-state index in [1.807, 2.05) is 30.3 Å². The van der Waals surface area contributed by atoms with Crippen LogP contribution in [0.3, 0.4) is 0 Å². The van der Waals surface area contributed by atoms with Gasteiger partial charge in [-0.05, 0) is 40.2 Å². The fourth-order valence-corrected chi connectivity index (χ4v) is 2.38. The molecule has 2 amide bonds. The molecule has 2 N–H and O–H groups in total. The third-order valence-electron chi connectivity index (χ3n) is 3.54. The number of hydrogen-bond donors (Lipinski definition) is 2. The smallest absolute Gasteiger partial charge is 0.408 e. The zero-order valence-electron chi connectivity index (χ0n) is 17.3. The van der Waals surface area contributed by atoms with Crippen molar-refractivity contribution in [1.82, 2.24) is 10.6 Å². The third kappa shape index (κ3) is 9.25. The van der Waals surface area contributed by atoms with Gasteiger partial charge in [0.15, 0.2) is 0 Å². The lowest BCUT2D eigenvalue weighted by molar-refractivity contribution is -0.143. The van der Waals surface area contributed by atoms with Gasteiger partial charge >= 0.3 is 18.2 Å². The van der Waals surface area contributed by atoms with E-state index in [-0.39, 0.29) is 13.0 Å². The summed E-state index contributed by atoms with van der Waals surface area (Å²) in [7, 11) is 1.22. The maximum Gasteiger partial charge on any atom is 0.408 e. The van der Waals surface area contributed by atoms with Gasteiger partial charge in [0.1, 0.15) is 18.2 Å². The minimum absolute atomic E-state index is 0.0696. The summed E-state index contributed by atoms with van der Waals surface area (Å²) in [5, 5.41) is 5.18. The van der Waals surface area contributed by atoms with Crippen LogP contribution < -0.4 is 10.6 Å². The Balaban J connectivity index is 2.67. The van der Waals surface area contributed by atoms with Gasteiger partial charge < -0.3 is 24.8 Å². The number of ether oxygens (including phenoxy) is 3. The highest BCUT2D eigenvalue weighted by atomic mass is 16.6. The summed E-state index contributed by atoms with van der Waals surface area (Å²) in [6.45, 7) is 8.75. The largest absolute Gasteiger partial charge is 0.467 e. The Bertz CT molecular complexity index is 667. The van der Waals surface area contributed by atoms with Crippen LogP contribution >= 0.6 is 0 Å². The van der Waals surface area contributed by atoms with Gasteiger partial charge in [0.25, 0.3) is 0 Å². The molecule has 0 fully saturated rings. The topological polar surface area (TPSA) is 103 Å². The quantitative estimate of drug-likeness (QED) is 0.544. The Kier molecular flexibility index (Phi) is 8.28. The number of carbonyl (C=O) groups is 3. The van der Waals surface area contributed by atoms with Crippen LogP contribution in [0.2, 0.25) is 0 Å². The van der Waals surface area contributed by atoms with Gasteiger partial charge in [-0.1, -0.05) is 30.3 Å². The van der Waals surface area contributed by atoms with Gasteiger partial charge in [-0.15, -0.1) is 0 Å². The van der Waals surface area contributed by atoms with Gasteiger partial charge in [0, 0.05) is 12.0 Å². The molecule has 0 aliphatic carbocycles. The van der Waals surface area contributed by atoms with Crippen molar-refractivity contribution in [2.75, 3.05) is 7.11 Å². The Morgan fingerprint density at radius 2 is 1.61 bits per heavy atom. The maximum absolute atomic E-state index is 12.1. The fraction of sp³-hybridized carbons (Fsp3) is 0.550. The van der Waals surface area contributed by atoms with Crippen LogP contribution in [0.4, 0.5) is 9.59 Å². The van der Waals surface area contributed by atoms with Crippen molar-refractivity contribution in [2.45, 2.75) is 64.8 Å². The van der Waals surface area contributed by atoms with Gasteiger partial charge in [0.2, 0.25) is 0 Å². The van der Waals surface area contributed by atoms with E-state index in [1.165, 1.54) is 7.11 Å². The second-order valence-corrected chi connectivity index (χ2v) is 8.00. The summed E-state index contributed by atoms with van der Waals surface area (Å²) in [4.78, 5) is 36.2. The normalized spacial score (nSPS) is 12.5. The Morgan fingerprint density at radius 3 is 2.14 bits per heavy atom. The van der Waals surface area contributed by atoms with Crippen molar-refractivity contribution in [3.8, 4) is 0 Å². The monoisotopic (exact) mass is 394 g/mol. The highest BCUT2D eigenvalue weighted by Crippen LogP contribution is 2.15. The van der Waals surface area contributed by atoms with Crippen molar-refractivity contribution in [3.05, 3.63) is 35.9 Å². The third-order valence-corrected chi connectivity index (χ3v) is 3.54. The molecular formula is C20H30N2O6. The lowest BCUT2D eigenvalue weighted by Crippen LogP contribution is -2.52. The lowest BCUT2D eigenvalue weighted by atomic mass is 9.95. The van der Waals surface area contributed by atoms with E-state index in [0.717, 1.165) is 5.56 Å². The number of alkyl carbamates (subject to hydrolysis) is 2. The Morgan fingerprint density at radius 1 is 1.00 bits per heavy atom. The molecule has 0 aliphatic rings. The molecule has 0 bridgehead atoms.